The van der Waals surface area contributed by atoms with Gasteiger partial charge in [-0.15, -0.1) is 0 Å². The molecule has 1 amide bonds. The number of ether oxygens (including phenoxy) is 1. The summed E-state index contributed by atoms with van der Waals surface area (Å²) in [5.41, 5.74) is 3.34. The highest BCUT2D eigenvalue weighted by Crippen LogP contribution is 2.30. The SMILES string of the molecule is Cc1cccc(CN2CCC(C(=O)Nc3ccccc3Oc3ccccc3)CC2)c1. The molecule has 0 bridgehead atoms. The van der Waals surface area contributed by atoms with E-state index >= 15 is 0 Å². The van der Waals surface area contributed by atoms with Crippen LogP contribution in [0.1, 0.15) is 24.0 Å². The highest BCUT2D eigenvalue weighted by atomic mass is 16.5. The Morgan fingerprint density at radius 2 is 1.70 bits per heavy atom. The van der Waals surface area contributed by atoms with E-state index in [0.717, 1.165) is 38.2 Å². The largest absolute Gasteiger partial charge is 0.455 e. The molecule has 4 rings (SSSR count). The maximum absolute atomic E-state index is 12.9. The number of likely N-dealkylation sites (tertiary alicyclic amines) is 1. The van der Waals surface area contributed by atoms with Crippen LogP contribution in [0.25, 0.3) is 0 Å². The molecule has 30 heavy (non-hydrogen) atoms. The van der Waals surface area contributed by atoms with Crippen LogP contribution in [0.2, 0.25) is 0 Å². The van der Waals surface area contributed by atoms with Crippen molar-refractivity contribution in [2.75, 3.05) is 18.4 Å². The topological polar surface area (TPSA) is 41.6 Å². The molecule has 0 aliphatic carbocycles. The van der Waals surface area contributed by atoms with Crippen LogP contribution in [0.4, 0.5) is 5.69 Å². The van der Waals surface area contributed by atoms with Gasteiger partial charge < -0.3 is 10.1 Å². The third-order valence-corrected chi connectivity index (χ3v) is 5.56. The average molecular weight is 401 g/mol. The zero-order chi connectivity index (χ0) is 20.8. The average Bonchev–Trinajstić information content (AvgIpc) is 2.76. The van der Waals surface area contributed by atoms with E-state index in [4.69, 9.17) is 4.74 Å². The van der Waals surface area contributed by atoms with Gasteiger partial charge in [-0.2, -0.15) is 0 Å². The molecule has 0 saturated carbocycles. The summed E-state index contributed by atoms with van der Waals surface area (Å²) in [7, 11) is 0. The summed E-state index contributed by atoms with van der Waals surface area (Å²) >= 11 is 0. The van der Waals surface area contributed by atoms with Crippen LogP contribution < -0.4 is 10.1 Å². The minimum absolute atomic E-state index is 0.0311. The first kappa shape index (κ1) is 20.2. The van der Waals surface area contributed by atoms with E-state index in [-0.39, 0.29) is 11.8 Å². The number of rotatable bonds is 6. The Hall–Kier alpha value is -3.11. The maximum Gasteiger partial charge on any atom is 0.227 e. The van der Waals surface area contributed by atoms with Gasteiger partial charge in [-0.1, -0.05) is 60.2 Å². The van der Waals surface area contributed by atoms with Crippen molar-refractivity contribution in [2.24, 2.45) is 5.92 Å². The van der Waals surface area contributed by atoms with Crippen molar-refractivity contribution in [1.29, 1.82) is 0 Å². The van der Waals surface area contributed by atoms with Crippen molar-refractivity contribution in [2.45, 2.75) is 26.3 Å². The summed E-state index contributed by atoms with van der Waals surface area (Å²) in [6.07, 6.45) is 1.75. The Labute approximate surface area is 178 Å². The molecule has 0 atom stereocenters. The lowest BCUT2D eigenvalue weighted by Gasteiger charge is -2.31. The number of nitrogens with one attached hydrogen (secondary N) is 1. The Morgan fingerprint density at radius 3 is 2.47 bits per heavy atom. The van der Waals surface area contributed by atoms with E-state index in [2.05, 4.69) is 41.4 Å². The van der Waals surface area contributed by atoms with Gasteiger partial charge in [0.1, 0.15) is 5.75 Å². The molecule has 0 aromatic heterocycles. The number of piperidine rings is 1. The quantitative estimate of drug-likeness (QED) is 0.582. The molecule has 3 aromatic carbocycles. The molecule has 0 spiro atoms. The standard InChI is InChI=1S/C26H28N2O2/c1-20-8-7-9-21(18-20)19-28-16-14-22(15-17-28)26(29)27-24-12-5-6-13-25(24)30-23-10-3-2-4-11-23/h2-13,18,22H,14-17,19H2,1H3,(H,27,29). The Balaban J connectivity index is 1.33. The number of hydrogen-bond donors (Lipinski definition) is 1. The molecule has 1 heterocycles. The lowest BCUT2D eigenvalue weighted by Crippen LogP contribution is -2.37. The van der Waals surface area contributed by atoms with Crippen molar-refractivity contribution in [3.63, 3.8) is 0 Å². The molecule has 1 saturated heterocycles. The molecule has 154 valence electrons. The number of carbonyl (C=O) groups is 1. The molecule has 0 radical (unpaired) electrons. The Bertz CT molecular complexity index is 979. The van der Waals surface area contributed by atoms with Crippen molar-refractivity contribution >= 4 is 11.6 Å². The predicted octanol–water partition coefficient (Wildman–Crippen LogP) is 5.64. The van der Waals surface area contributed by atoms with Crippen molar-refractivity contribution in [3.05, 3.63) is 90.0 Å². The maximum atomic E-state index is 12.9. The van der Waals surface area contributed by atoms with Crippen molar-refractivity contribution < 1.29 is 9.53 Å². The summed E-state index contributed by atoms with van der Waals surface area (Å²) < 4.78 is 5.97. The van der Waals surface area contributed by atoms with Crippen LogP contribution in [0.5, 0.6) is 11.5 Å². The van der Waals surface area contributed by atoms with Gasteiger partial charge in [-0.25, -0.2) is 0 Å². The number of aryl methyl sites for hydroxylation is 1. The molecule has 4 nitrogen and oxygen atoms in total. The fraction of sp³-hybridized carbons (Fsp3) is 0.269. The molecule has 1 fully saturated rings. The first-order chi connectivity index (χ1) is 14.7. The smallest absolute Gasteiger partial charge is 0.227 e. The zero-order valence-corrected chi connectivity index (χ0v) is 17.4. The summed E-state index contributed by atoms with van der Waals surface area (Å²) in [6, 6.07) is 25.9. The fourth-order valence-corrected chi connectivity index (χ4v) is 3.93. The monoisotopic (exact) mass is 400 g/mol. The highest BCUT2D eigenvalue weighted by Gasteiger charge is 2.25. The lowest BCUT2D eigenvalue weighted by molar-refractivity contribution is -0.121. The van der Waals surface area contributed by atoms with Crippen LogP contribution in [0, 0.1) is 12.8 Å². The zero-order valence-electron chi connectivity index (χ0n) is 17.4. The van der Waals surface area contributed by atoms with Gasteiger partial charge >= 0.3 is 0 Å². The second-order valence-corrected chi connectivity index (χ2v) is 7.94. The minimum atomic E-state index is 0.0311. The predicted molar refractivity (Wildman–Crippen MR) is 121 cm³/mol. The van der Waals surface area contributed by atoms with E-state index in [1.165, 1.54) is 11.1 Å². The second-order valence-electron chi connectivity index (χ2n) is 7.94. The molecule has 3 aromatic rings. The number of anilines is 1. The van der Waals surface area contributed by atoms with Gasteiger partial charge in [-0.3, -0.25) is 9.69 Å². The van der Waals surface area contributed by atoms with E-state index in [0.29, 0.717) is 11.4 Å². The normalized spacial score (nSPS) is 15.0. The lowest BCUT2D eigenvalue weighted by atomic mass is 9.95. The third kappa shape index (κ3) is 5.28. The molecular weight excluding hydrogens is 372 g/mol. The third-order valence-electron chi connectivity index (χ3n) is 5.56. The van der Waals surface area contributed by atoms with Crippen molar-refractivity contribution in [1.82, 2.24) is 4.90 Å². The second kappa shape index (κ2) is 9.59. The number of carbonyl (C=O) groups excluding carboxylic acids is 1. The summed E-state index contributed by atoms with van der Waals surface area (Å²) in [5, 5.41) is 3.09. The van der Waals surface area contributed by atoms with Gasteiger partial charge in [0.15, 0.2) is 5.75 Å². The Kier molecular flexibility index (Phi) is 6.45. The molecular formula is C26H28N2O2. The number of hydrogen-bond acceptors (Lipinski definition) is 3. The van der Waals surface area contributed by atoms with E-state index < -0.39 is 0 Å². The number of amides is 1. The molecule has 1 aliphatic rings. The Morgan fingerprint density at radius 1 is 0.967 bits per heavy atom. The number of benzene rings is 3. The summed E-state index contributed by atoms with van der Waals surface area (Å²) in [4.78, 5) is 15.3. The van der Waals surface area contributed by atoms with E-state index in [1.54, 1.807) is 0 Å². The van der Waals surface area contributed by atoms with Crippen LogP contribution in [-0.2, 0) is 11.3 Å². The fourth-order valence-electron chi connectivity index (χ4n) is 3.93. The minimum Gasteiger partial charge on any atom is -0.455 e. The van der Waals surface area contributed by atoms with E-state index in [1.807, 2.05) is 54.6 Å². The highest BCUT2D eigenvalue weighted by molar-refractivity contribution is 5.94. The first-order valence-corrected chi connectivity index (χ1v) is 10.6. The number of nitrogens with zero attached hydrogens (tertiary/aromatic N) is 1. The van der Waals surface area contributed by atoms with Crippen LogP contribution in [-0.4, -0.2) is 23.9 Å². The molecule has 0 unspecified atom stereocenters. The van der Waals surface area contributed by atoms with Gasteiger partial charge in [-0.05, 0) is 62.7 Å². The van der Waals surface area contributed by atoms with Gasteiger partial charge in [0, 0.05) is 12.5 Å². The van der Waals surface area contributed by atoms with Crippen LogP contribution in [0.15, 0.2) is 78.9 Å². The number of para-hydroxylation sites is 3. The van der Waals surface area contributed by atoms with Crippen LogP contribution >= 0.6 is 0 Å². The van der Waals surface area contributed by atoms with Gasteiger partial charge in [0.2, 0.25) is 5.91 Å². The van der Waals surface area contributed by atoms with Gasteiger partial charge in [0.05, 0.1) is 5.69 Å². The summed E-state index contributed by atoms with van der Waals surface area (Å²) in [5.74, 6) is 1.52. The summed E-state index contributed by atoms with van der Waals surface area (Å²) in [6.45, 7) is 4.95. The molecule has 1 N–H and O–H groups in total. The first-order valence-electron chi connectivity index (χ1n) is 10.6. The van der Waals surface area contributed by atoms with Crippen LogP contribution in [0.3, 0.4) is 0 Å². The van der Waals surface area contributed by atoms with Crippen molar-refractivity contribution in [3.8, 4) is 11.5 Å². The van der Waals surface area contributed by atoms with Gasteiger partial charge in [0.25, 0.3) is 0 Å². The molecule has 4 heteroatoms. The van der Waals surface area contributed by atoms with E-state index in [9.17, 15) is 4.79 Å². The molecule has 1 aliphatic heterocycles.